The van der Waals surface area contributed by atoms with Gasteiger partial charge in [0.25, 0.3) is 0 Å². The molecule has 1 aliphatic rings. The fourth-order valence-electron chi connectivity index (χ4n) is 3.09. The van der Waals surface area contributed by atoms with E-state index in [0.717, 1.165) is 5.69 Å². The lowest BCUT2D eigenvalue weighted by atomic mass is 9.90. The molecular formula is C22H17N. The number of benzene rings is 3. The van der Waals surface area contributed by atoms with E-state index in [1.807, 2.05) is 36.5 Å². The fraction of sp³-hybridized carbons (Fsp3) is 0.0455. The third kappa shape index (κ3) is 2.74. The molecule has 23 heavy (non-hydrogen) atoms. The second-order valence-electron chi connectivity index (χ2n) is 5.69. The molecule has 0 N–H and O–H groups in total. The van der Waals surface area contributed by atoms with E-state index >= 15 is 0 Å². The molecule has 0 aliphatic heterocycles. The summed E-state index contributed by atoms with van der Waals surface area (Å²) in [5.41, 5.74) is 6.13. The normalized spacial score (nSPS) is 15.9. The summed E-state index contributed by atoms with van der Waals surface area (Å²) in [5.74, 6) is 0.310. The Bertz CT molecular complexity index is 875. The monoisotopic (exact) mass is 295 g/mol. The Kier molecular flexibility index (Phi) is 3.61. The average molecular weight is 295 g/mol. The zero-order chi connectivity index (χ0) is 15.5. The van der Waals surface area contributed by atoms with Gasteiger partial charge in [0, 0.05) is 12.1 Å². The van der Waals surface area contributed by atoms with Crippen LogP contribution in [0.3, 0.4) is 0 Å². The summed E-state index contributed by atoms with van der Waals surface area (Å²) in [5, 5.41) is 0. The van der Waals surface area contributed by atoms with E-state index in [1.165, 1.54) is 22.3 Å². The van der Waals surface area contributed by atoms with E-state index in [0.29, 0.717) is 5.92 Å². The van der Waals surface area contributed by atoms with E-state index in [2.05, 4.69) is 65.7 Å². The van der Waals surface area contributed by atoms with Gasteiger partial charge in [0.1, 0.15) is 0 Å². The zero-order valence-corrected chi connectivity index (χ0v) is 12.8. The van der Waals surface area contributed by atoms with Crippen molar-refractivity contribution in [2.45, 2.75) is 5.92 Å². The Morgan fingerprint density at radius 2 is 1.39 bits per heavy atom. The minimum Gasteiger partial charge on any atom is -0.256 e. The van der Waals surface area contributed by atoms with E-state index in [1.54, 1.807) is 0 Å². The van der Waals surface area contributed by atoms with Crippen molar-refractivity contribution in [3.05, 3.63) is 107 Å². The predicted molar refractivity (Wildman–Crippen MR) is 97.5 cm³/mol. The molecule has 3 aromatic rings. The van der Waals surface area contributed by atoms with E-state index in [9.17, 15) is 0 Å². The van der Waals surface area contributed by atoms with Crippen molar-refractivity contribution in [2.24, 2.45) is 4.99 Å². The zero-order valence-electron chi connectivity index (χ0n) is 12.8. The first-order valence-electron chi connectivity index (χ1n) is 7.87. The molecule has 0 spiro atoms. The average Bonchev–Trinajstić information content (AvgIpc) is 3.05. The summed E-state index contributed by atoms with van der Waals surface area (Å²) in [6, 6.07) is 27.2. The topological polar surface area (TPSA) is 12.4 Å². The Labute approximate surface area is 136 Å². The van der Waals surface area contributed by atoms with Gasteiger partial charge in [0.15, 0.2) is 0 Å². The number of hydrogen-bond acceptors (Lipinski definition) is 1. The SMILES string of the molecule is C1=CC(c2ccccc2/C=N/c2ccccc2)c2ccccc21. The van der Waals surface area contributed by atoms with Crippen molar-refractivity contribution in [1.82, 2.24) is 0 Å². The maximum absolute atomic E-state index is 4.62. The molecule has 0 radical (unpaired) electrons. The summed E-state index contributed by atoms with van der Waals surface area (Å²) in [6.45, 7) is 0. The van der Waals surface area contributed by atoms with Crippen LogP contribution in [-0.4, -0.2) is 6.21 Å². The van der Waals surface area contributed by atoms with Gasteiger partial charge in [-0.25, -0.2) is 0 Å². The first kappa shape index (κ1) is 13.7. The Morgan fingerprint density at radius 3 is 2.26 bits per heavy atom. The predicted octanol–water partition coefficient (Wildman–Crippen LogP) is 5.60. The van der Waals surface area contributed by atoms with Crippen LogP contribution in [-0.2, 0) is 0 Å². The highest BCUT2D eigenvalue weighted by Crippen LogP contribution is 2.36. The molecule has 1 nitrogen and oxygen atoms in total. The molecule has 1 aliphatic carbocycles. The molecule has 0 heterocycles. The van der Waals surface area contributed by atoms with Gasteiger partial charge in [-0.3, -0.25) is 4.99 Å². The van der Waals surface area contributed by atoms with Crippen LogP contribution in [0.2, 0.25) is 0 Å². The van der Waals surface area contributed by atoms with Crippen molar-refractivity contribution in [2.75, 3.05) is 0 Å². The molecule has 3 aromatic carbocycles. The quantitative estimate of drug-likeness (QED) is 0.558. The Morgan fingerprint density at radius 1 is 0.696 bits per heavy atom. The second kappa shape index (κ2) is 6.05. The number of rotatable bonds is 3. The van der Waals surface area contributed by atoms with Crippen LogP contribution in [0.1, 0.15) is 28.2 Å². The van der Waals surface area contributed by atoms with Crippen molar-refractivity contribution in [3.8, 4) is 0 Å². The third-order valence-corrected chi connectivity index (χ3v) is 4.24. The van der Waals surface area contributed by atoms with Gasteiger partial charge in [-0.05, 0) is 34.4 Å². The maximum Gasteiger partial charge on any atom is 0.0629 e. The highest BCUT2D eigenvalue weighted by atomic mass is 14.7. The number of fused-ring (bicyclic) bond motifs is 1. The molecule has 110 valence electrons. The summed E-state index contributed by atoms with van der Waals surface area (Å²) in [6.07, 6.45) is 6.46. The number of hydrogen-bond donors (Lipinski definition) is 0. The highest BCUT2D eigenvalue weighted by molar-refractivity contribution is 5.85. The minimum atomic E-state index is 0.310. The Balaban J connectivity index is 1.72. The maximum atomic E-state index is 4.62. The number of nitrogens with zero attached hydrogens (tertiary/aromatic N) is 1. The summed E-state index contributed by atoms with van der Waals surface area (Å²) >= 11 is 0. The lowest BCUT2D eigenvalue weighted by Crippen LogP contribution is -2.00. The molecule has 1 unspecified atom stereocenters. The van der Waals surface area contributed by atoms with Gasteiger partial charge < -0.3 is 0 Å². The first-order valence-corrected chi connectivity index (χ1v) is 7.87. The van der Waals surface area contributed by atoms with Crippen molar-refractivity contribution >= 4 is 18.0 Å². The molecule has 0 bridgehead atoms. The van der Waals surface area contributed by atoms with Crippen LogP contribution in [0.4, 0.5) is 5.69 Å². The lowest BCUT2D eigenvalue weighted by molar-refractivity contribution is 1.05. The molecule has 0 fully saturated rings. The van der Waals surface area contributed by atoms with Crippen LogP contribution in [0.5, 0.6) is 0 Å². The highest BCUT2D eigenvalue weighted by Gasteiger charge is 2.20. The standard InChI is InChI=1S/C22H17N/c1-2-10-19(11-3-1)23-16-18-9-5-7-13-21(18)22-15-14-17-8-4-6-12-20(17)22/h1-16,22H/b23-16+. The molecule has 0 saturated heterocycles. The number of para-hydroxylation sites is 1. The fourth-order valence-corrected chi connectivity index (χ4v) is 3.09. The summed E-state index contributed by atoms with van der Waals surface area (Å²) in [4.78, 5) is 4.62. The van der Waals surface area contributed by atoms with Gasteiger partial charge in [-0.1, -0.05) is 78.9 Å². The molecule has 0 amide bonds. The summed E-state index contributed by atoms with van der Waals surface area (Å²) in [7, 11) is 0. The van der Waals surface area contributed by atoms with Gasteiger partial charge in [-0.15, -0.1) is 0 Å². The van der Waals surface area contributed by atoms with Gasteiger partial charge in [-0.2, -0.15) is 0 Å². The Hall–Kier alpha value is -2.93. The van der Waals surface area contributed by atoms with E-state index < -0.39 is 0 Å². The van der Waals surface area contributed by atoms with Crippen LogP contribution in [0.15, 0.2) is 89.9 Å². The minimum absolute atomic E-state index is 0.310. The largest absolute Gasteiger partial charge is 0.256 e. The molecule has 1 heteroatoms. The van der Waals surface area contributed by atoms with Crippen molar-refractivity contribution in [3.63, 3.8) is 0 Å². The van der Waals surface area contributed by atoms with Gasteiger partial charge in [0.2, 0.25) is 0 Å². The van der Waals surface area contributed by atoms with Crippen LogP contribution in [0.25, 0.3) is 6.08 Å². The van der Waals surface area contributed by atoms with Gasteiger partial charge >= 0.3 is 0 Å². The van der Waals surface area contributed by atoms with Crippen LogP contribution < -0.4 is 0 Å². The molecule has 4 rings (SSSR count). The van der Waals surface area contributed by atoms with E-state index in [4.69, 9.17) is 0 Å². The van der Waals surface area contributed by atoms with Crippen LogP contribution >= 0.6 is 0 Å². The number of allylic oxidation sites excluding steroid dienone is 1. The summed E-state index contributed by atoms with van der Waals surface area (Å²) < 4.78 is 0. The van der Waals surface area contributed by atoms with Crippen LogP contribution in [0, 0.1) is 0 Å². The van der Waals surface area contributed by atoms with Crippen molar-refractivity contribution in [1.29, 1.82) is 0 Å². The first-order chi connectivity index (χ1) is 11.4. The smallest absolute Gasteiger partial charge is 0.0629 e. The molecule has 1 atom stereocenters. The van der Waals surface area contributed by atoms with Crippen molar-refractivity contribution < 1.29 is 0 Å². The lowest BCUT2D eigenvalue weighted by Gasteiger charge is -2.14. The molecule has 0 aromatic heterocycles. The molecular weight excluding hydrogens is 278 g/mol. The second-order valence-corrected chi connectivity index (χ2v) is 5.69. The number of aliphatic imine (C=N–C) groups is 1. The third-order valence-electron chi connectivity index (χ3n) is 4.24. The van der Waals surface area contributed by atoms with E-state index in [-0.39, 0.29) is 0 Å². The molecule has 0 saturated carbocycles. The van der Waals surface area contributed by atoms with Gasteiger partial charge in [0.05, 0.1) is 5.69 Å².